The van der Waals surface area contributed by atoms with Crippen LogP contribution in [0.4, 0.5) is 24.5 Å². The number of rotatable bonds is 5. The van der Waals surface area contributed by atoms with Crippen LogP contribution in [0.5, 0.6) is 0 Å². The molecule has 0 aromatic heterocycles. The van der Waals surface area contributed by atoms with Crippen LogP contribution in [0.15, 0.2) is 48.5 Å². The van der Waals surface area contributed by atoms with E-state index in [1.807, 2.05) is 0 Å². The van der Waals surface area contributed by atoms with Gasteiger partial charge < -0.3 is 15.5 Å². The Labute approximate surface area is 192 Å². The van der Waals surface area contributed by atoms with Crippen LogP contribution < -0.4 is 15.5 Å². The van der Waals surface area contributed by atoms with Gasteiger partial charge in [-0.05, 0) is 43.7 Å². The zero-order valence-electron chi connectivity index (χ0n) is 18.1. The van der Waals surface area contributed by atoms with Crippen molar-refractivity contribution in [2.45, 2.75) is 31.6 Å². The van der Waals surface area contributed by atoms with E-state index >= 15 is 0 Å². The molecule has 2 N–H and O–H groups in total. The van der Waals surface area contributed by atoms with Gasteiger partial charge in [-0.2, -0.15) is 13.2 Å². The monoisotopic (exact) mass is 474 g/mol. The Bertz CT molecular complexity index is 1180. The highest BCUT2D eigenvalue weighted by Crippen LogP contribution is 2.43. The number of amides is 4. The summed E-state index contributed by atoms with van der Waals surface area (Å²) >= 11 is 0. The first-order valence-electron chi connectivity index (χ1n) is 10.5. The van der Waals surface area contributed by atoms with Gasteiger partial charge in [-0.1, -0.05) is 18.2 Å². The van der Waals surface area contributed by atoms with Gasteiger partial charge in [-0.3, -0.25) is 24.1 Å². The van der Waals surface area contributed by atoms with Crippen molar-refractivity contribution in [2.75, 3.05) is 23.3 Å². The molecule has 0 saturated carbocycles. The third-order valence-corrected chi connectivity index (χ3v) is 5.91. The molecule has 2 aliphatic rings. The molecule has 8 nitrogen and oxygen atoms in total. The second-order valence-electron chi connectivity index (χ2n) is 8.28. The lowest BCUT2D eigenvalue weighted by molar-refractivity contribution is -0.123. The predicted octanol–water partition coefficient (Wildman–Crippen LogP) is 2.92. The first kappa shape index (κ1) is 23.3. The molecular formula is C23H21F3N4O4. The lowest BCUT2D eigenvalue weighted by Gasteiger charge is -2.48. The molecule has 4 rings (SSSR count). The zero-order valence-corrected chi connectivity index (χ0v) is 18.1. The fourth-order valence-electron chi connectivity index (χ4n) is 4.31. The van der Waals surface area contributed by atoms with E-state index in [9.17, 15) is 32.3 Å². The molecule has 0 bridgehead atoms. The molecule has 0 aliphatic carbocycles. The summed E-state index contributed by atoms with van der Waals surface area (Å²) in [5.41, 5.74) is -0.0826. The molecule has 0 radical (unpaired) electrons. The van der Waals surface area contributed by atoms with E-state index in [1.54, 1.807) is 41.4 Å². The van der Waals surface area contributed by atoms with Crippen LogP contribution in [0.2, 0.25) is 0 Å². The van der Waals surface area contributed by atoms with E-state index < -0.39 is 30.2 Å². The van der Waals surface area contributed by atoms with Crippen molar-refractivity contribution in [3.63, 3.8) is 0 Å². The number of para-hydroxylation sites is 1. The zero-order chi connectivity index (χ0) is 24.7. The first-order chi connectivity index (χ1) is 16.0. The number of alkyl halides is 3. The van der Waals surface area contributed by atoms with Crippen molar-refractivity contribution in [2.24, 2.45) is 0 Å². The number of hydrogen-bond acceptors (Lipinski definition) is 4. The molecule has 0 unspecified atom stereocenters. The number of benzene rings is 2. The average Bonchev–Trinajstić information content (AvgIpc) is 3.10. The van der Waals surface area contributed by atoms with Crippen LogP contribution in [0.25, 0.3) is 0 Å². The van der Waals surface area contributed by atoms with Crippen molar-refractivity contribution in [3.8, 4) is 0 Å². The summed E-state index contributed by atoms with van der Waals surface area (Å²) in [6.07, 6.45) is -3.97. The van der Waals surface area contributed by atoms with Gasteiger partial charge in [-0.25, -0.2) is 0 Å². The van der Waals surface area contributed by atoms with Gasteiger partial charge >= 0.3 is 6.18 Å². The fraction of sp³-hybridized carbons (Fsp3) is 0.304. The molecule has 2 aromatic carbocycles. The van der Waals surface area contributed by atoms with Crippen molar-refractivity contribution < 1.29 is 32.3 Å². The highest BCUT2D eigenvalue weighted by atomic mass is 19.4. The lowest BCUT2D eigenvalue weighted by atomic mass is 9.98. The minimum absolute atomic E-state index is 0.0652. The number of nitrogens with zero attached hydrogens (tertiary/aromatic N) is 2. The Balaban J connectivity index is 1.51. The molecule has 34 heavy (non-hydrogen) atoms. The van der Waals surface area contributed by atoms with E-state index in [4.69, 9.17) is 0 Å². The summed E-state index contributed by atoms with van der Waals surface area (Å²) < 4.78 is 37.0. The van der Waals surface area contributed by atoms with Crippen LogP contribution in [-0.2, 0) is 9.59 Å². The normalized spacial score (nSPS) is 19.5. The number of hydrogen-bond donors (Lipinski definition) is 2. The third kappa shape index (κ3) is 4.33. The summed E-state index contributed by atoms with van der Waals surface area (Å²) in [7, 11) is 0. The highest BCUT2D eigenvalue weighted by molar-refractivity contribution is 6.11. The van der Waals surface area contributed by atoms with Crippen LogP contribution in [0.1, 0.15) is 40.5 Å². The minimum Gasteiger partial charge on any atom is -0.343 e. The van der Waals surface area contributed by atoms with Crippen LogP contribution >= 0.6 is 0 Å². The van der Waals surface area contributed by atoms with E-state index in [-0.39, 0.29) is 36.0 Å². The van der Waals surface area contributed by atoms with Gasteiger partial charge in [0, 0.05) is 17.7 Å². The molecule has 0 spiro atoms. The Morgan fingerprint density at radius 2 is 1.82 bits per heavy atom. The topological polar surface area (TPSA) is 98.8 Å². The Hall–Kier alpha value is -3.89. The maximum absolute atomic E-state index is 13.2. The second kappa shape index (κ2) is 8.47. The molecule has 4 amide bonds. The number of nitrogens with one attached hydrogen (secondary N) is 2. The number of carbonyl (C=O) groups is 4. The van der Waals surface area contributed by atoms with Gasteiger partial charge in [-0.15, -0.1) is 0 Å². The fourth-order valence-corrected chi connectivity index (χ4v) is 4.31. The van der Waals surface area contributed by atoms with Gasteiger partial charge in [0.15, 0.2) is 0 Å². The molecule has 178 valence electrons. The van der Waals surface area contributed by atoms with Gasteiger partial charge in [0.25, 0.3) is 11.8 Å². The van der Waals surface area contributed by atoms with Crippen LogP contribution in [0, 0.1) is 0 Å². The van der Waals surface area contributed by atoms with Crippen molar-refractivity contribution in [3.05, 3.63) is 59.7 Å². The number of halogens is 3. The summed E-state index contributed by atoms with van der Waals surface area (Å²) in [4.78, 5) is 53.5. The SMILES string of the molecule is C[C@]12CCC(=O)N1c1ccccc1C(=O)N2CC(=O)Nc1cccc(C(=O)NCC(F)(F)F)c1. The molecule has 11 heteroatoms. The van der Waals surface area contributed by atoms with E-state index in [2.05, 4.69) is 5.32 Å². The Kier molecular flexibility index (Phi) is 5.80. The average molecular weight is 474 g/mol. The molecular weight excluding hydrogens is 453 g/mol. The number of fused-ring (bicyclic) bond motifs is 3. The Morgan fingerprint density at radius 1 is 1.09 bits per heavy atom. The van der Waals surface area contributed by atoms with Gasteiger partial charge in [0.2, 0.25) is 11.8 Å². The van der Waals surface area contributed by atoms with Gasteiger partial charge in [0.05, 0.1) is 11.3 Å². The third-order valence-electron chi connectivity index (χ3n) is 5.91. The minimum atomic E-state index is -4.55. The second-order valence-corrected chi connectivity index (χ2v) is 8.28. The smallest absolute Gasteiger partial charge is 0.343 e. The van der Waals surface area contributed by atoms with E-state index in [0.29, 0.717) is 17.7 Å². The van der Waals surface area contributed by atoms with Gasteiger partial charge in [0.1, 0.15) is 18.8 Å². The maximum atomic E-state index is 13.2. The lowest BCUT2D eigenvalue weighted by Crippen LogP contribution is -2.63. The van der Waals surface area contributed by atoms with E-state index in [1.165, 1.54) is 29.2 Å². The van der Waals surface area contributed by atoms with Crippen molar-refractivity contribution >= 4 is 35.0 Å². The van der Waals surface area contributed by atoms with Crippen molar-refractivity contribution in [1.82, 2.24) is 10.2 Å². The van der Waals surface area contributed by atoms with Crippen molar-refractivity contribution in [1.29, 1.82) is 0 Å². The predicted molar refractivity (Wildman–Crippen MR) is 116 cm³/mol. The molecule has 1 atom stereocenters. The van der Waals surface area contributed by atoms with E-state index in [0.717, 1.165) is 0 Å². The molecule has 2 aromatic rings. The summed E-state index contributed by atoms with van der Waals surface area (Å²) in [5.74, 6) is -2.06. The molecule has 1 saturated heterocycles. The van der Waals surface area contributed by atoms with Crippen LogP contribution in [-0.4, -0.2) is 53.5 Å². The Morgan fingerprint density at radius 3 is 2.56 bits per heavy atom. The molecule has 1 fully saturated rings. The standard InChI is InChI=1S/C23H21F3N4O4/c1-22-10-9-19(32)30(22)17-8-3-2-7-16(17)21(34)29(22)12-18(31)28-15-6-4-5-14(11-15)20(33)27-13-23(24,25)26/h2-8,11H,9-10,12-13H2,1H3,(H,27,33)(H,28,31)/t22-/m1/s1. The summed E-state index contributed by atoms with van der Waals surface area (Å²) in [5, 5.41) is 4.34. The summed E-state index contributed by atoms with van der Waals surface area (Å²) in [6, 6.07) is 12.1. The first-order valence-corrected chi connectivity index (χ1v) is 10.5. The largest absolute Gasteiger partial charge is 0.405 e. The number of anilines is 2. The summed E-state index contributed by atoms with van der Waals surface area (Å²) in [6.45, 7) is -0.114. The van der Waals surface area contributed by atoms with Crippen LogP contribution in [0.3, 0.4) is 0 Å². The number of carbonyl (C=O) groups excluding carboxylic acids is 4. The maximum Gasteiger partial charge on any atom is 0.405 e. The highest BCUT2D eigenvalue weighted by Gasteiger charge is 2.53. The molecule has 2 aliphatic heterocycles. The molecule has 2 heterocycles. The quantitative estimate of drug-likeness (QED) is 0.696.